The Kier molecular flexibility index (Phi) is 2.22. The highest BCUT2D eigenvalue weighted by molar-refractivity contribution is 5.67. The van der Waals surface area contributed by atoms with Gasteiger partial charge in [-0.25, -0.2) is 4.79 Å². The maximum Gasteiger partial charge on any atom is 0.411 e. The van der Waals surface area contributed by atoms with Gasteiger partial charge in [-0.1, -0.05) is 31.1 Å². The fourth-order valence-electron chi connectivity index (χ4n) is 0.873. The van der Waals surface area contributed by atoms with Crippen LogP contribution in [0, 0.1) is 0 Å². The van der Waals surface area contributed by atoms with Crippen LogP contribution in [0.4, 0.5) is 4.79 Å². The lowest BCUT2D eigenvalue weighted by Crippen LogP contribution is -2.20. The second-order valence-electron chi connectivity index (χ2n) is 3.66. The quantitative estimate of drug-likeness (QED) is 0.666. The summed E-state index contributed by atoms with van der Waals surface area (Å²) in [6.45, 7) is 5.82. The highest BCUT2D eigenvalue weighted by atomic mass is 16.6. The second-order valence-corrected chi connectivity index (χ2v) is 3.66. The third-order valence-corrected chi connectivity index (χ3v) is 1.46. The van der Waals surface area contributed by atoms with E-state index >= 15 is 0 Å². The predicted octanol–water partition coefficient (Wildman–Crippen LogP) is 0.560. The SMILES string of the molecule is CC(C)(C)c1[nH]nnc1OC(N)=O. The van der Waals surface area contributed by atoms with Crippen LogP contribution in [0.15, 0.2) is 0 Å². The highest BCUT2D eigenvalue weighted by Crippen LogP contribution is 2.26. The molecule has 1 rings (SSSR count). The molecule has 0 spiro atoms. The number of ether oxygens (including phenoxy) is 1. The summed E-state index contributed by atoms with van der Waals surface area (Å²) in [4.78, 5) is 10.5. The molecule has 0 fully saturated rings. The number of primary amides is 1. The minimum Gasteiger partial charge on any atom is -0.388 e. The Hall–Kier alpha value is -1.59. The number of hydrogen-bond donors (Lipinski definition) is 2. The molecule has 0 aliphatic carbocycles. The van der Waals surface area contributed by atoms with Gasteiger partial charge in [-0.15, -0.1) is 0 Å². The molecule has 0 saturated heterocycles. The zero-order valence-corrected chi connectivity index (χ0v) is 7.79. The van der Waals surface area contributed by atoms with Crippen LogP contribution in [0.2, 0.25) is 0 Å². The Balaban J connectivity index is 2.96. The molecule has 6 heteroatoms. The van der Waals surface area contributed by atoms with Gasteiger partial charge in [-0.05, 0) is 0 Å². The van der Waals surface area contributed by atoms with Gasteiger partial charge >= 0.3 is 6.09 Å². The number of carbonyl (C=O) groups excluding carboxylic acids is 1. The van der Waals surface area contributed by atoms with E-state index in [0.717, 1.165) is 0 Å². The topological polar surface area (TPSA) is 93.9 Å². The first-order valence-corrected chi connectivity index (χ1v) is 3.80. The van der Waals surface area contributed by atoms with Gasteiger partial charge in [0.25, 0.3) is 5.88 Å². The zero-order chi connectivity index (χ0) is 10.1. The van der Waals surface area contributed by atoms with Gasteiger partial charge < -0.3 is 10.5 Å². The van der Waals surface area contributed by atoms with Crippen molar-refractivity contribution in [2.24, 2.45) is 5.73 Å². The predicted molar refractivity (Wildman–Crippen MR) is 45.3 cm³/mol. The lowest BCUT2D eigenvalue weighted by atomic mass is 9.93. The molecule has 0 aliphatic rings. The van der Waals surface area contributed by atoms with Crippen LogP contribution in [-0.4, -0.2) is 21.5 Å². The Morgan fingerprint density at radius 1 is 1.54 bits per heavy atom. The number of amides is 1. The Morgan fingerprint density at radius 3 is 2.62 bits per heavy atom. The van der Waals surface area contributed by atoms with Crippen LogP contribution >= 0.6 is 0 Å². The number of hydrogen-bond acceptors (Lipinski definition) is 4. The molecule has 1 heterocycles. The van der Waals surface area contributed by atoms with Crippen LogP contribution in [0.1, 0.15) is 26.5 Å². The number of aromatic nitrogens is 3. The van der Waals surface area contributed by atoms with Gasteiger partial charge in [0.15, 0.2) is 0 Å². The molecule has 3 N–H and O–H groups in total. The van der Waals surface area contributed by atoms with Crippen LogP contribution in [0.25, 0.3) is 0 Å². The molecule has 0 unspecified atom stereocenters. The van der Waals surface area contributed by atoms with E-state index in [4.69, 9.17) is 5.73 Å². The van der Waals surface area contributed by atoms with E-state index in [2.05, 4.69) is 20.1 Å². The van der Waals surface area contributed by atoms with Crippen molar-refractivity contribution in [3.8, 4) is 5.88 Å². The summed E-state index contributed by atoms with van der Waals surface area (Å²) >= 11 is 0. The monoisotopic (exact) mass is 184 g/mol. The first-order valence-electron chi connectivity index (χ1n) is 3.80. The first kappa shape index (κ1) is 9.50. The standard InChI is InChI=1S/C7H12N4O2/c1-7(2,3)4-5(10-11-9-4)13-6(8)12/h1-3H3,(H2,8,12)(H,9,10,11). The van der Waals surface area contributed by atoms with E-state index in [1.165, 1.54) is 0 Å². The number of carbonyl (C=O) groups is 1. The minimum absolute atomic E-state index is 0.139. The van der Waals surface area contributed by atoms with Gasteiger partial charge in [-0.2, -0.15) is 0 Å². The summed E-state index contributed by atoms with van der Waals surface area (Å²) in [6.07, 6.45) is -0.889. The highest BCUT2D eigenvalue weighted by Gasteiger charge is 2.23. The van der Waals surface area contributed by atoms with Crippen molar-refractivity contribution in [3.05, 3.63) is 5.69 Å². The molecule has 1 aromatic rings. The second kappa shape index (κ2) is 3.04. The number of nitrogens with two attached hydrogens (primary N) is 1. The van der Waals surface area contributed by atoms with Crippen molar-refractivity contribution in [1.82, 2.24) is 15.4 Å². The summed E-state index contributed by atoms with van der Waals surface area (Å²) in [6, 6.07) is 0. The minimum atomic E-state index is -0.889. The smallest absolute Gasteiger partial charge is 0.388 e. The van der Waals surface area contributed by atoms with Gasteiger partial charge in [0, 0.05) is 5.41 Å². The van der Waals surface area contributed by atoms with Crippen LogP contribution < -0.4 is 10.5 Å². The first-order chi connectivity index (χ1) is 5.91. The normalized spacial score (nSPS) is 11.3. The number of rotatable bonds is 1. The van der Waals surface area contributed by atoms with E-state index in [1.54, 1.807) is 0 Å². The van der Waals surface area contributed by atoms with Crippen molar-refractivity contribution >= 4 is 6.09 Å². The lowest BCUT2D eigenvalue weighted by molar-refractivity contribution is 0.208. The maximum atomic E-state index is 10.5. The van der Waals surface area contributed by atoms with Crippen molar-refractivity contribution in [1.29, 1.82) is 0 Å². The van der Waals surface area contributed by atoms with E-state index in [0.29, 0.717) is 5.69 Å². The molecule has 0 radical (unpaired) electrons. The largest absolute Gasteiger partial charge is 0.411 e. The van der Waals surface area contributed by atoms with E-state index < -0.39 is 6.09 Å². The molecular formula is C7H12N4O2. The number of H-pyrrole nitrogens is 1. The zero-order valence-electron chi connectivity index (χ0n) is 7.79. The molecule has 0 aromatic carbocycles. The van der Waals surface area contributed by atoms with Crippen molar-refractivity contribution < 1.29 is 9.53 Å². The Labute approximate surface area is 75.5 Å². The van der Waals surface area contributed by atoms with Crippen LogP contribution in [0.5, 0.6) is 5.88 Å². The summed E-state index contributed by atoms with van der Waals surface area (Å²) < 4.78 is 4.65. The van der Waals surface area contributed by atoms with Gasteiger partial charge in [0.1, 0.15) is 5.69 Å². The number of nitrogens with zero attached hydrogens (tertiary/aromatic N) is 2. The number of aromatic amines is 1. The fourth-order valence-corrected chi connectivity index (χ4v) is 0.873. The van der Waals surface area contributed by atoms with E-state index in [1.807, 2.05) is 20.8 Å². The average Bonchev–Trinajstić information content (AvgIpc) is 2.31. The van der Waals surface area contributed by atoms with Crippen molar-refractivity contribution in [2.75, 3.05) is 0 Å². The molecule has 1 aromatic heterocycles. The van der Waals surface area contributed by atoms with Crippen LogP contribution in [-0.2, 0) is 5.41 Å². The molecule has 0 bridgehead atoms. The van der Waals surface area contributed by atoms with Crippen molar-refractivity contribution in [2.45, 2.75) is 26.2 Å². The number of nitrogens with one attached hydrogen (secondary N) is 1. The van der Waals surface area contributed by atoms with E-state index in [9.17, 15) is 4.79 Å². The molecule has 72 valence electrons. The summed E-state index contributed by atoms with van der Waals surface area (Å²) in [7, 11) is 0. The molecule has 1 amide bonds. The molecule has 13 heavy (non-hydrogen) atoms. The van der Waals surface area contributed by atoms with Gasteiger partial charge in [0.2, 0.25) is 0 Å². The molecular weight excluding hydrogens is 172 g/mol. The van der Waals surface area contributed by atoms with Gasteiger partial charge in [-0.3, -0.25) is 5.10 Å². The Morgan fingerprint density at radius 2 is 2.15 bits per heavy atom. The fraction of sp³-hybridized carbons (Fsp3) is 0.571. The molecule has 0 atom stereocenters. The molecule has 0 aliphatic heterocycles. The maximum absolute atomic E-state index is 10.5. The lowest BCUT2D eigenvalue weighted by Gasteiger charge is -2.15. The third kappa shape index (κ3) is 2.17. The molecule has 6 nitrogen and oxygen atoms in total. The summed E-state index contributed by atoms with van der Waals surface area (Å²) in [5.41, 5.74) is 5.28. The Bertz CT molecular complexity index is 313. The van der Waals surface area contributed by atoms with E-state index in [-0.39, 0.29) is 11.3 Å². The van der Waals surface area contributed by atoms with Crippen molar-refractivity contribution in [3.63, 3.8) is 0 Å². The third-order valence-electron chi connectivity index (χ3n) is 1.46. The average molecular weight is 184 g/mol. The molecule has 0 saturated carbocycles. The van der Waals surface area contributed by atoms with Gasteiger partial charge in [0.05, 0.1) is 0 Å². The summed E-state index contributed by atoms with van der Waals surface area (Å²) in [5.74, 6) is 0.139. The summed E-state index contributed by atoms with van der Waals surface area (Å²) in [5, 5.41) is 9.79. The van der Waals surface area contributed by atoms with Crippen LogP contribution in [0.3, 0.4) is 0 Å².